The molecule has 0 radical (unpaired) electrons. The summed E-state index contributed by atoms with van der Waals surface area (Å²) in [6, 6.07) is 8.20. The van der Waals surface area contributed by atoms with Gasteiger partial charge in [-0.15, -0.1) is 11.3 Å². The van der Waals surface area contributed by atoms with Gasteiger partial charge >= 0.3 is 0 Å². The molecule has 0 aliphatic carbocycles. The summed E-state index contributed by atoms with van der Waals surface area (Å²) in [5.74, 6) is 1.52. The maximum Gasteiger partial charge on any atom is 0.162 e. The zero-order valence-corrected chi connectivity index (χ0v) is 14.4. The summed E-state index contributed by atoms with van der Waals surface area (Å²) >= 11 is 1.66. The lowest BCUT2D eigenvalue weighted by atomic mass is 9.93. The molecule has 24 heavy (non-hydrogen) atoms. The molecule has 0 amide bonds. The topological polar surface area (TPSA) is 42.2 Å². The van der Waals surface area contributed by atoms with E-state index < -0.39 is 0 Å². The Hall–Kier alpha value is -1.98. The molecule has 1 unspecified atom stereocenters. The van der Waals surface area contributed by atoms with Crippen molar-refractivity contribution in [2.45, 2.75) is 31.7 Å². The van der Waals surface area contributed by atoms with E-state index in [1.165, 1.54) is 24.8 Å². The number of likely N-dealkylation sites (tertiary alicyclic amines) is 1. The first-order chi connectivity index (χ1) is 11.9. The molecule has 1 saturated heterocycles. The molecule has 0 saturated carbocycles. The van der Waals surface area contributed by atoms with Gasteiger partial charge in [-0.25, -0.2) is 4.98 Å². The summed E-state index contributed by atoms with van der Waals surface area (Å²) in [5.41, 5.74) is 2.58. The van der Waals surface area contributed by atoms with Crippen LogP contribution in [0.5, 0.6) is 0 Å². The van der Waals surface area contributed by atoms with Crippen molar-refractivity contribution < 1.29 is 4.42 Å². The second-order valence-electron chi connectivity index (χ2n) is 6.31. The van der Waals surface area contributed by atoms with Gasteiger partial charge in [0.25, 0.3) is 0 Å². The van der Waals surface area contributed by atoms with E-state index in [9.17, 15) is 0 Å². The molecule has 4 nitrogen and oxygen atoms in total. The lowest BCUT2D eigenvalue weighted by molar-refractivity contribution is 0.273. The van der Waals surface area contributed by atoms with Crippen LogP contribution in [-0.4, -0.2) is 28.0 Å². The molecular formula is C19H21N3OS. The summed E-state index contributed by atoms with van der Waals surface area (Å²) in [7, 11) is 0. The van der Waals surface area contributed by atoms with Gasteiger partial charge in [0, 0.05) is 24.3 Å². The van der Waals surface area contributed by atoms with E-state index in [1.54, 1.807) is 17.6 Å². The van der Waals surface area contributed by atoms with Gasteiger partial charge in [0.15, 0.2) is 10.8 Å². The summed E-state index contributed by atoms with van der Waals surface area (Å²) < 4.78 is 5.44. The number of pyridine rings is 1. The smallest absolute Gasteiger partial charge is 0.162 e. The monoisotopic (exact) mass is 339 g/mol. The van der Waals surface area contributed by atoms with E-state index in [4.69, 9.17) is 9.40 Å². The van der Waals surface area contributed by atoms with Crippen LogP contribution >= 0.6 is 11.3 Å². The molecule has 1 aliphatic heterocycles. The molecule has 124 valence electrons. The predicted octanol–water partition coefficient (Wildman–Crippen LogP) is 4.57. The fourth-order valence-electron chi connectivity index (χ4n) is 3.41. The van der Waals surface area contributed by atoms with Crippen molar-refractivity contribution in [3.05, 3.63) is 59.6 Å². The van der Waals surface area contributed by atoms with E-state index >= 15 is 0 Å². The van der Waals surface area contributed by atoms with Gasteiger partial charge in [-0.05, 0) is 68.1 Å². The highest BCUT2D eigenvalue weighted by Gasteiger charge is 2.19. The first-order valence-electron chi connectivity index (χ1n) is 8.49. The minimum absolute atomic E-state index is 0.659. The third-order valence-electron chi connectivity index (χ3n) is 4.67. The van der Waals surface area contributed by atoms with Crippen molar-refractivity contribution in [3.63, 3.8) is 0 Å². The van der Waals surface area contributed by atoms with Crippen LogP contribution < -0.4 is 0 Å². The second kappa shape index (κ2) is 7.28. The van der Waals surface area contributed by atoms with Crippen molar-refractivity contribution in [2.75, 3.05) is 13.1 Å². The summed E-state index contributed by atoms with van der Waals surface area (Å²) in [6.07, 6.45) is 9.22. The van der Waals surface area contributed by atoms with Crippen LogP contribution in [0.25, 0.3) is 10.8 Å². The van der Waals surface area contributed by atoms with Crippen LogP contribution in [-0.2, 0) is 6.54 Å². The van der Waals surface area contributed by atoms with E-state index in [-0.39, 0.29) is 0 Å². The fraction of sp³-hybridized carbons (Fsp3) is 0.368. The maximum absolute atomic E-state index is 5.44. The Morgan fingerprint density at radius 2 is 2.08 bits per heavy atom. The average Bonchev–Trinajstić information content (AvgIpc) is 3.25. The van der Waals surface area contributed by atoms with E-state index in [1.807, 2.05) is 24.5 Å². The van der Waals surface area contributed by atoms with Crippen molar-refractivity contribution in [3.8, 4) is 10.8 Å². The normalized spacial score (nSPS) is 19.2. The maximum atomic E-state index is 5.44. The molecule has 0 aromatic carbocycles. The second-order valence-corrected chi connectivity index (χ2v) is 7.16. The van der Waals surface area contributed by atoms with Crippen molar-refractivity contribution >= 4 is 11.3 Å². The fourth-order valence-corrected chi connectivity index (χ4v) is 4.18. The molecule has 1 fully saturated rings. The molecule has 0 spiro atoms. The number of thiazole rings is 1. The lowest BCUT2D eigenvalue weighted by Crippen LogP contribution is -2.24. The van der Waals surface area contributed by atoms with Crippen molar-refractivity contribution in [2.24, 2.45) is 0 Å². The van der Waals surface area contributed by atoms with Gasteiger partial charge in [-0.2, -0.15) is 0 Å². The number of nitrogens with zero attached hydrogens (tertiary/aromatic N) is 3. The van der Waals surface area contributed by atoms with Crippen LogP contribution in [0.3, 0.4) is 0 Å². The lowest BCUT2D eigenvalue weighted by Gasteiger charge is -2.19. The Morgan fingerprint density at radius 1 is 1.17 bits per heavy atom. The van der Waals surface area contributed by atoms with Gasteiger partial charge < -0.3 is 4.42 Å². The number of hydrogen-bond acceptors (Lipinski definition) is 5. The minimum Gasteiger partial charge on any atom is -0.462 e. The molecule has 1 atom stereocenters. The molecule has 5 heteroatoms. The van der Waals surface area contributed by atoms with Gasteiger partial charge in [0.1, 0.15) is 0 Å². The van der Waals surface area contributed by atoms with Crippen LogP contribution in [0.15, 0.2) is 52.7 Å². The highest BCUT2D eigenvalue weighted by atomic mass is 32.1. The number of furan rings is 1. The third-order valence-corrected chi connectivity index (χ3v) is 5.57. The van der Waals surface area contributed by atoms with Gasteiger partial charge in [0.2, 0.25) is 0 Å². The van der Waals surface area contributed by atoms with Crippen LogP contribution in [0.1, 0.15) is 36.4 Å². The van der Waals surface area contributed by atoms with E-state index in [0.29, 0.717) is 5.92 Å². The van der Waals surface area contributed by atoms with Crippen molar-refractivity contribution in [1.82, 2.24) is 14.9 Å². The van der Waals surface area contributed by atoms with Gasteiger partial charge in [0.05, 0.1) is 12.0 Å². The Labute approximate surface area is 146 Å². The third kappa shape index (κ3) is 3.57. The standard InChI is InChI=1S/C19H21N3OS/c1-3-15(16-5-8-20-9-6-16)7-11-22(10-1)13-17-14-24-19(21-17)18-4-2-12-23-18/h2,4-6,8-9,12,14-15H,1,3,7,10-11,13H2. The highest BCUT2D eigenvalue weighted by molar-refractivity contribution is 7.13. The summed E-state index contributed by atoms with van der Waals surface area (Å²) in [4.78, 5) is 11.4. The van der Waals surface area contributed by atoms with E-state index in [0.717, 1.165) is 36.1 Å². The van der Waals surface area contributed by atoms with Gasteiger partial charge in [-0.3, -0.25) is 9.88 Å². The summed E-state index contributed by atoms with van der Waals surface area (Å²) in [5, 5.41) is 3.13. The molecule has 0 N–H and O–H groups in total. The zero-order valence-electron chi connectivity index (χ0n) is 13.6. The Morgan fingerprint density at radius 3 is 2.92 bits per heavy atom. The molecule has 1 aliphatic rings. The number of rotatable bonds is 4. The molecular weight excluding hydrogens is 318 g/mol. The number of aromatic nitrogens is 2. The Kier molecular flexibility index (Phi) is 4.71. The van der Waals surface area contributed by atoms with Crippen molar-refractivity contribution in [1.29, 1.82) is 0 Å². The SMILES string of the molecule is c1coc(-c2nc(CN3CCCC(c4ccncc4)CC3)cs2)c1. The van der Waals surface area contributed by atoms with Gasteiger partial charge in [-0.1, -0.05) is 0 Å². The zero-order chi connectivity index (χ0) is 16.2. The molecule has 3 aromatic heterocycles. The van der Waals surface area contributed by atoms with E-state index in [2.05, 4.69) is 27.4 Å². The molecule has 3 aromatic rings. The average molecular weight is 339 g/mol. The predicted molar refractivity (Wildman–Crippen MR) is 95.9 cm³/mol. The molecule has 4 heterocycles. The molecule has 0 bridgehead atoms. The molecule has 4 rings (SSSR count). The minimum atomic E-state index is 0.659. The first kappa shape index (κ1) is 15.5. The van der Waals surface area contributed by atoms with Crippen LogP contribution in [0.4, 0.5) is 0 Å². The largest absolute Gasteiger partial charge is 0.462 e. The van der Waals surface area contributed by atoms with Crippen LogP contribution in [0.2, 0.25) is 0 Å². The Balaban J connectivity index is 1.38. The highest BCUT2D eigenvalue weighted by Crippen LogP contribution is 2.29. The quantitative estimate of drug-likeness (QED) is 0.698. The number of hydrogen-bond donors (Lipinski definition) is 0. The first-order valence-corrected chi connectivity index (χ1v) is 9.37. The Bertz CT molecular complexity index is 754. The summed E-state index contributed by atoms with van der Waals surface area (Å²) in [6.45, 7) is 3.20. The van der Waals surface area contributed by atoms with Crippen LogP contribution in [0, 0.1) is 0 Å².